The van der Waals surface area contributed by atoms with Crippen LogP contribution in [0.15, 0.2) is 46.9 Å². The van der Waals surface area contributed by atoms with E-state index in [1.54, 1.807) is 12.1 Å². The molecule has 2 aliphatic rings. The van der Waals surface area contributed by atoms with Gasteiger partial charge in [-0.3, -0.25) is 9.80 Å². The summed E-state index contributed by atoms with van der Waals surface area (Å²) in [6, 6.07) is 10.9. The second-order valence-corrected chi connectivity index (χ2v) is 11.9. The van der Waals surface area contributed by atoms with Crippen LogP contribution in [-0.2, 0) is 27.7 Å². The van der Waals surface area contributed by atoms with E-state index in [0.717, 1.165) is 31.3 Å². The number of morpholine rings is 1. The molecule has 0 unspecified atom stereocenters. The summed E-state index contributed by atoms with van der Waals surface area (Å²) in [7, 11) is -3.21. The number of ether oxygens (including phenoxy) is 1. The van der Waals surface area contributed by atoms with Crippen molar-refractivity contribution in [2.45, 2.75) is 19.5 Å². The summed E-state index contributed by atoms with van der Waals surface area (Å²) in [6.45, 7) is 3.66. The Bertz CT molecular complexity index is 1430. The Labute approximate surface area is 229 Å². The van der Waals surface area contributed by atoms with E-state index in [9.17, 15) is 22.0 Å². The minimum atomic E-state index is -3.21. The van der Waals surface area contributed by atoms with Crippen LogP contribution in [0.4, 0.5) is 23.7 Å². The van der Waals surface area contributed by atoms with Crippen LogP contribution < -0.4 is 4.90 Å². The van der Waals surface area contributed by atoms with E-state index < -0.39 is 34.0 Å². The SMILES string of the molecule is O=C(N1CCS(=O)(=O)CC1)N(Cc1ccc(-c2nnc(C(F)F)o2)cc1F)c1ccc(CN2CCOCC2)cc1. The van der Waals surface area contributed by atoms with E-state index in [0.29, 0.717) is 18.9 Å². The molecule has 214 valence electrons. The molecule has 0 radical (unpaired) electrons. The van der Waals surface area contributed by atoms with Gasteiger partial charge in [0.15, 0.2) is 9.84 Å². The van der Waals surface area contributed by atoms with Crippen molar-refractivity contribution in [2.75, 3.05) is 55.8 Å². The maximum Gasteiger partial charge on any atom is 0.324 e. The molecule has 0 bridgehead atoms. The lowest BCUT2D eigenvalue weighted by Gasteiger charge is -2.33. The molecule has 5 rings (SSSR count). The highest BCUT2D eigenvalue weighted by Gasteiger charge is 2.30. The molecule has 3 aromatic rings. The Morgan fingerprint density at radius 1 is 1.00 bits per heavy atom. The predicted octanol–water partition coefficient (Wildman–Crippen LogP) is 3.50. The number of rotatable bonds is 7. The third kappa shape index (κ3) is 6.62. The molecule has 40 heavy (non-hydrogen) atoms. The Morgan fingerprint density at radius 3 is 2.33 bits per heavy atom. The zero-order chi connectivity index (χ0) is 28.3. The van der Waals surface area contributed by atoms with Gasteiger partial charge >= 0.3 is 12.5 Å². The number of hydrogen-bond donors (Lipinski definition) is 0. The van der Waals surface area contributed by atoms with E-state index >= 15 is 4.39 Å². The minimum Gasteiger partial charge on any atom is -0.415 e. The highest BCUT2D eigenvalue weighted by atomic mass is 32.2. The topological polar surface area (TPSA) is 109 Å². The molecule has 3 heterocycles. The zero-order valence-corrected chi connectivity index (χ0v) is 22.3. The summed E-state index contributed by atoms with van der Waals surface area (Å²) in [5.74, 6) is -2.09. The first-order chi connectivity index (χ1) is 19.2. The van der Waals surface area contributed by atoms with Crippen molar-refractivity contribution >= 4 is 21.6 Å². The van der Waals surface area contributed by atoms with Gasteiger partial charge in [-0.15, -0.1) is 10.2 Å². The van der Waals surface area contributed by atoms with Gasteiger partial charge in [0.2, 0.25) is 5.89 Å². The standard InChI is InChI=1S/C26H28F3N5O5S/c27-22-15-19(24-30-31-25(39-24)23(28)29)3-4-20(22)17-34(26(35)33-9-13-40(36,37)14-10-33)21-5-1-18(2-6-21)16-32-7-11-38-12-8-32/h1-6,15,23H,7-14,16-17H2. The number of sulfone groups is 1. The molecular formula is C26H28F3N5O5S. The maximum absolute atomic E-state index is 15.2. The summed E-state index contributed by atoms with van der Waals surface area (Å²) in [6.07, 6.45) is -2.95. The van der Waals surface area contributed by atoms with Gasteiger partial charge in [-0.05, 0) is 29.8 Å². The van der Waals surface area contributed by atoms with Gasteiger partial charge in [0.25, 0.3) is 5.89 Å². The number of aromatic nitrogens is 2. The third-order valence-electron chi connectivity index (χ3n) is 6.86. The first-order valence-electron chi connectivity index (χ1n) is 12.7. The number of benzene rings is 2. The average Bonchev–Trinajstić information content (AvgIpc) is 3.44. The van der Waals surface area contributed by atoms with Crippen LogP contribution in [-0.4, -0.2) is 85.3 Å². The number of amides is 2. The summed E-state index contributed by atoms with van der Waals surface area (Å²) in [4.78, 5) is 18.7. The molecule has 2 saturated heterocycles. The van der Waals surface area contributed by atoms with E-state index in [4.69, 9.17) is 9.15 Å². The summed E-state index contributed by atoms with van der Waals surface area (Å²) >= 11 is 0. The molecule has 0 N–H and O–H groups in total. The Morgan fingerprint density at radius 2 is 1.70 bits per heavy atom. The molecule has 2 aliphatic heterocycles. The second kappa shape index (κ2) is 11.9. The van der Waals surface area contributed by atoms with Crippen LogP contribution in [0.3, 0.4) is 0 Å². The molecule has 0 atom stereocenters. The van der Waals surface area contributed by atoms with Gasteiger partial charge < -0.3 is 14.1 Å². The number of carbonyl (C=O) groups is 1. The highest BCUT2D eigenvalue weighted by Crippen LogP contribution is 2.27. The van der Waals surface area contributed by atoms with Gasteiger partial charge in [-0.2, -0.15) is 8.78 Å². The lowest BCUT2D eigenvalue weighted by Crippen LogP contribution is -2.49. The fraction of sp³-hybridized carbons (Fsp3) is 0.423. The number of halogens is 3. The van der Waals surface area contributed by atoms with Crippen molar-refractivity contribution in [3.05, 3.63) is 65.3 Å². The van der Waals surface area contributed by atoms with Crippen LogP contribution in [0.25, 0.3) is 11.5 Å². The fourth-order valence-electron chi connectivity index (χ4n) is 4.56. The smallest absolute Gasteiger partial charge is 0.324 e. The molecule has 0 aliphatic carbocycles. The number of carbonyl (C=O) groups excluding carboxylic acids is 1. The fourth-order valence-corrected chi connectivity index (χ4v) is 5.76. The molecule has 1 aromatic heterocycles. The van der Waals surface area contributed by atoms with Crippen LogP contribution in [0, 0.1) is 5.82 Å². The molecular weight excluding hydrogens is 551 g/mol. The molecule has 2 aromatic carbocycles. The Balaban J connectivity index is 1.38. The zero-order valence-electron chi connectivity index (χ0n) is 21.5. The van der Waals surface area contributed by atoms with E-state index in [1.807, 2.05) is 12.1 Å². The van der Waals surface area contributed by atoms with Gasteiger partial charge in [0.05, 0.1) is 31.3 Å². The van der Waals surface area contributed by atoms with Crippen LogP contribution in [0.5, 0.6) is 0 Å². The molecule has 14 heteroatoms. The lowest BCUT2D eigenvalue weighted by atomic mass is 10.1. The van der Waals surface area contributed by atoms with E-state index in [-0.39, 0.29) is 48.2 Å². The van der Waals surface area contributed by atoms with Gasteiger partial charge in [-0.1, -0.05) is 18.2 Å². The number of nitrogens with zero attached hydrogens (tertiary/aromatic N) is 5. The molecule has 0 spiro atoms. The lowest BCUT2D eigenvalue weighted by molar-refractivity contribution is 0.0342. The van der Waals surface area contributed by atoms with Crippen molar-refractivity contribution in [2.24, 2.45) is 0 Å². The van der Waals surface area contributed by atoms with Crippen molar-refractivity contribution < 1.29 is 35.5 Å². The normalized spacial score (nSPS) is 17.8. The number of alkyl halides is 2. The van der Waals surface area contributed by atoms with Crippen molar-refractivity contribution in [1.82, 2.24) is 20.0 Å². The van der Waals surface area contributed by atoms with Crippen LogP contribution in [0.1, 0.15) is 23.4 Å². The monoisotopic (exact) mass is 579 g/mol. The number of hydrogen-bond acceptors (Lipinski definition) is 8. The van der Waals surface area contributed by atoms with Gasteiger partial charge in [-0.25, -0.2) is 17.6 Å². The molecule has 2 fully saturated rings. The van der Waals surface area contributed by atoms with Gasteiger partial charge in [0.1, 0.15) is 5.82 Å². The number of anilines is 1. The van der Waals surface area contributed by atoms with Crippen molar-refractivity contribution in [3.63, 3.8) is 0 Å². The predicted molar refractivity (Wildman–Crippen MR) is 139 cm³/mol. The first kappa shape index (κ1) is 28.1. The van der Waals surface area contributed by atoms with Gasteiger partial charge in [0, 0.05) is 49.5 Å². The molecule has 10 nitrogen and oxygen atoms in total. The summed E-state index contributed by atoms with van der Waals surface area (Å²) in [5, 5.41) is 6.81. The summed E-state index contributed by atoms with van der Waals surface area (Å²) < 4.78 is 75.0. The quantitative estimate of drug-likeness (QED) is 0.419. The van der Waals surface area contributed by atoms with Crippen molar-refractivity contribution in [1.29, 1.82) is 0 Å². The Hall–Kier alpha value is -3.49. The minimum absolute atomic E-state index is 0.0395. The van der Waals surface area contributed by atoms with Crippen molar-refractivity contribution in [3.8, 4) is 11.5 Å². The Kier molecular flexibility index (Phi) is 8.38. The molecule has 2 amide bonds. The largest absolute Gasteiger partial charge is 0.415 e. The molecule has 0 saturated carbocycles. The summed E-state index contributed by atoms with van der Waals surface area (Å²) in [5.41, 5.74) is 1.84. The first-order valence-corrected chi connectivity index (χ1v) is 14.6. The van der Waals surface area contributed by atoms with Crippen LogP contribution in [0.2, 0.25) is 0 Å². The number of urea groups is 1. The van der Waals surface area contributed by atoms with Crippen LogP contribution >= 0.6 is 0 Å². The average molecular weight is 580 g/mol. The maximum atomic E-state index is 15.2. The third-order valence-corrected chi connectivity index (χ3v) is 8.47. The van der Waals surface area contributed by atoms with E-state index in [1.165, 1.54) is 21.9 Å². The van der Waals surface area contributed by atoms with E-state index in [2.05, 4.69) is 15.1 Å². The second-order valence-electron chi connectivity index (χ2n) is 9.61. The highest BCUT2D eigenvalue weighted by molar-refractivity contribution is 7.91.